The first-order valence-corrected chi connectivity index (χ1v) is 6.70. The molecule has 2 rings (SSSR count). The summed E-state index contributed by atoms with van der Waals surface area (Å²) >= 11 is 12.2. The van der Waals surface area contributed by atoms with E-state index in [-0.39, 0.29) is 0 Å². The summed E-state index contributed by atoms with van der Waals surface area (Å²) in [6, 6.07) is 5.42. The maximum Gasteiger partial charge on any atom is 0.207 e. The van der Waals surface area contributed by atoms with Gasteiger partial charge < -0.3 is 9.88 Å². The molecule has 0 bridgehead atoms. The third-order valence-electron chi connectivity index (χ3n) is 2.67. The molecule has 1 N–H and O–H groups in total. The average Bonchev–Trinajstić information content (AvgIpc) is 2.79. The molecule has 0 aliphatic carbocycles. The molecule has 0 amide bonds. The van der Waals surface area contributed by atoms with Crippen molar-refractivity contribution >= 4 is 34.8 Å². The summed E-state index contributed by atoms with van der Waals surface area (Å²) in [6.07, 6.45) is 5.97. The second-order valence-electron chi connectivity index (χ2n) is 4.02. The fourth-order valence-corrected chi connectivity index (χ4v) is 2.16. The molecule has 3 nitrogen and oxygen atoms in total. The fraction of sp³-hybridized carbons (Fsp3) is 0.308. The molecule has 0 aliphatic rings. The quantitative estimate of drug-likeness (QED) is 0.859. The van der Waals surface area contributed by atoms with E-state index in [2.05, 4.69) is 21.8 Å². The Labute approximate surface area is 117 Å². The lowest BCUT2D eigenvalue weighted by molar-refractivity contribution is 0.638. The Bertz CT molecular complexity index is 502. The Hall–Kier alpha value is -1.19. The number of hydrogen-bond acceptors (Lipinski definition) is 2. The van der Waals surface area contributed by atoms with Crippen LogP contribution in [-0.2, 0) is 6.54 Å². The lowest BCUT2D eigenvalue weighted by Crippen LogP contribution is -2.04. The zero-order valence-electron chi connectivity index (χ0n) is 10.2. The monoisotopic (exact) mass is 283 g/mol. The van der Waals surface area contributed by atoms with Gasteiger partial charge in [-0.3, -0.25) is 0 Å². The Kier molecular flexibility index (Phi) is 4.50. The maximum atomic E-state index is 6.12. The van der Waals surface area contributed by atoms with Gasteiger partial charge in [0.15, 0.2) is 0 Å². The number of benzene rings is 1. The number of halogens is 2. The molecule has 1 aromatic carbocycles. The van der Waals surface area contributed by atoms with E-state index in [4.69, 9.17) is 23.2 Å². The number of imidazole rings is 1. The highest BCUT2D eigenvalue weighted by molar-refractivity contribution is 6.39. The second-order valence-corrected chi connectivity index (χ2v) is 4.83. The van der Waals surface area contributed by atoms with Crippen molar-refractivity contribution in [1.82, 2.24) is 9.55 Å². The largest absolute Gasteiger partial charge is 0.323 e. The van der Waals surface area contributed by atoms with Crippen molar-refractivity contribution in [3.63, 3.8) is 0 Å². The zero-order valence-corrected chi connectivity index (χ0v) is 11.7. The van der Waals surface area contributed by atoms with Gasteiger partial charge in [0.05, 0.1) is 15.7 Å². The van der Waals surface area contributed by atoms with E-state index < -0.39 is 0 Å². The van der Waals surface area contributed by atoms with Crippen molar-refractivity contribution < 1.29 is 0 Å². The Morgan fingerprint density at radius 3 is 2.67 bits per heavy atom. The number of aromatic nitrogens is 2. The van der Waals surface area contributed by atoms with Crippen LogP contribution in [0.15, 0.2) is 30.6 Å². The minimum atomic E-state index is 0.590. The summed E-state index contributed by atoms with van der Waals surface area (Å²) in [4.78, 5) is 4.28. The molecule has 1 aromatic heterocycles. The molecular weight excluding hydrogens is 269 g/mol. The Balaban J connectivity index is 2.21. The number of para-hydroxylation sites is 1. The number of hydrogen-bond donors (Lipinski definition) is 1. The van der Waals surface area contributed by atoms with Gasteiger partial charge >= 0.3 is 0 Å². The summed E-state index contributed by atoms with van der Waals surface area (Å²) in [7, 11) is 0. The zero-order chi connectivity index (χ0) is 13.0. The van der Waals surface area contributed by atoms with Crippen molar-refractivity contribution in [2.24, 2.45) is 0 Å². The molecule has 0 aliphatic heterocycles. The number of nitrogens with zero attached hydrogens (tertiary/aromatic N) is 2. The van der Waals surface area contributed by atoms with Crippen LogP contribution in [0.25, 0.3) is 0 Å². The van der Waals surface area contributed by atoms with Gasteiger partial charge in [-0.25, -0.2) is 4.98 Å². The molecular formula is C13H15Cl2N3. The summed E-state index contributed by atoms with van der Waals surface area (Å²) < 4.78 is 2.06. The normalized spacial score (nSPS) is 10.6. The second kappa shape index (κ2) is 6.12. The highest BCUT2D eigenvalue weighted by Crippen LogP contribution is 2.32. The number of unbranched alkanes of at least 4 members (excludes halogenated alkanes) is 1. The van der Waals surface area contributed by atoms with E-state index in [1.807, 2.05) is 12.3 Å². The van der Waals surface area contributed by atoms with Crippen LogP contribution in [0, 0.1) is 0 Å². The molecule has 0 unspecified atom stereocenters. The van der Waals surface area contributed by atoms with Crippen LogP contribution in [0.2, 0.25) is 10.0 Å². The number of anilines is 2. The van der Waals surface area contributed by atoms with Gasteiger partial charge in [0.25, 0.3) is 0 Å². The van der Waals surface area contributed by atoms with Gasteiger partial charge in [-0.2, -0.15) is 0 Å². The average molecular weight is 284 g/mol. The van der Waals surface area contributed by atoms with Crippen LogP contribution in [0.5, 0.6) is 0 Å². The SMILES string of the molecule is CCCCn1ccnc1Nc1c(Cl)cccc1Cl. The minimum absolute atomic E-state index is 0.590. The molecule has 0 spiro atoms. The van der Waals surface area contributed by atoms with Gasteiger partial charge in [0, 0.05) is 18.9 Å². The van der Waals surface area contributed by atoms with Gasteiger partial charge in [0.2, 0.25) is 5.95 Å². The third-order valence-corrected chi connectivity index (χ3v) is 3.30. The van der Waals surface area contributed by atoms with Crippen molar-refractivity contribution in [2.45, 2.75) is 26.3 Å². The van der Waals surface area contributed by atoms with Crippen LogP contribution in [0.1, 0.15) is 19.8 Å². The van der Waals surface area contributed by atoms with Crippen LogP contribution < -0.4 is 5.32 Å². The maximum absolute atomic E-state index is 6.12. The first-order chi connectivity index (χ1) is 8.72. The van der Waals surface area contributed by atoms with Crippen LogP contribution in [-0.4, -0.2) is 9.55 Å². The highest BCUT2D eigenvalue weighted by Gasteiger charge is 2.08. The molecule has 0 saturated heterocycles. The standard InChI is InChI=1S/C13H15Cl2N3/c1-2-3-8-18-9-7-16-13(18)17-12-10(14)5-4-6-11(12)15/h4-7,9H,2-3,8H2,1H3,(H,16,17). The third kappa shape index (κ3) is 2.98. The molecule has 0 atom stereocenters. The van der Waals surface area contributed by atoms with Crippen LogP contribution in [0.4, 0.5) is 11.6 Å². The topological polar surface area (TPSA) is 29.9 Å². The Morgan fingerprint density at radius 2 is 2.00 bits per heavy atom. The molecule has 2 aromatic rings. The van der Waals surface area contributed by atoms with Crippen molar-refractivity contribution in [2.75, 3.05) is 5.32 Å². The van der Waals surface area contributed by atoms with Crippen molar-refractivity contribution in [3.05, 3.63) is 40.6 Å². The molecule has 5 heteroatoms. The molecule has 0 fully saturated rings. The molecule has 96 valence electrons. The van der Waals surface area contributed by atoms with Crippen LogP contribution in [0.3, 0.4) is 0 Å². The summed E-state index contributed by atoms with van der Waals surface area (Å²) in [5.41, 5.74) is 0.699. The highest BCUT2D eigenvalue weighted by atomic mass is 35.5. The summed E-state index contributed by atoms with van der Waals surface area (Å²) in [5, 5.41) is 4.37. The lowest BCUT2D eigenvalue weighted by atomic mass is 10.3. The predicted octanol–water partition coefficient (Wildman–Crippen LogP) is 4.73. The number of aryl methyl sites for hydroxylation is 1. The first kappa shape index (κ1) is 13.2. The molecule has 0 saturated carbocycles. The van der Waals surface area contributed by atoms with Gasteiger partial charge in [0.1, 0.15) is 0 Å². The van der Waals surface area contributed by atoms with E-state index in [1.165, 1.54) is 0 Å². The number of rotatable bonds is 5. The molecule has 1 heterocycles. The summed E-state index contributed by atoms with van der Waals surface area (Å²) in [5.74, 6) is 0.762. The predicted molar refractivity (Wildman–Crippen MR) is 76.9 cm³/mol. The first-order valence-electron chi connectivity index (χ1n) is 5.94. The van der Waals surface area contributed by atoms with E-state index in [0.717, 1.165) is 25.3 Å². The lowest BCUT2D eigenvalue weighted by Gasteiger charge is -2.11. The number of nitrogens with one attached hydrogen (secondary N) is 1. The molecule has 0 radical (unpaired) electrons. The minimum Gasteiger partial charge on any atom is -0.323 e. The van der Waals surface area contributed by atoms with Gasteiger partial charge in [-0.05, 0) is 18.6 Å². The van der Waals surface area contributed by atoms with E-state index in [1.54, 1.807) is 18.3 Å². The smallest absolute Gasteiger partial charge is 0.207 e. The van der Waals surface area contributed by atoms with Gasteiger partial charge in [-0.1, -0.05) is 42.6 Å². The van der Waals surface area contributed by atoms with E-state index in [0.29, 0.717) is 15.7 Å². The van der Waals surface area contributed by atoms with Crippen LogP contribution >= 0.6 is 23.2 Å². The van der Waals surface area contributed by atoms with Crippen molar-refractivity contribution in [1.29, 1.82) is 0 Å². The van der Waals surface area contributed by atoms with Gasteiger partial charge in [-0.15, -0.1) is 0 Å². The summed E-state index contributed by atoms with van der Waals surface area (Å²) in [6.45, 7) is 3.09. The fourth-order valence-electron chi connectivity index (χ4n) is 1.67. The van der Waals surface area contributed by atoms with Crippen molar-refractivity contribution in [3.8, 4) is 0 Å². The Morgan fingerprint density at radius 1 is 1.28 bits per heavy atom. The molecule has 18 heavy (non-hydrogen) atoms. The van der Waals surface area contributed by atoms with E-state index in [9.17, 15) is 0 Å². The van der Waals surface area contributed by atoms with E-state index >= 15 is 0 Å².